The summed E-state index contributed by atoms with van der Waals surface area (Å²) in [6, 6.07) is 0.653. The molecule has 1 fully saturated rings. The Morgan fingerprint density at radius 3 is 2.83 bits per heavy atom. The minimum Gasteiger partial charge on any atom is -0.412 e. The smallest absolute Gasteiger partial charge is 0.0468 e. The Balaban J connectivity index is 0. The van der Waals surface area contributed by atoms with Gasteiger partial charge in [-0.05, 0) is 6.42 Å². The minimum atomic E-state index is 0. The van der Waals surface area contributed by atoms with Crippen LogP contribution in [-0.2, 0) is 0 Å². The quantitative estimate of drug-likeness (QED) is 0.685. The summed E-state index contributed by atoms with van der Waals surface area (Å²) in [5.74, 6) is 1.10. The lowest BCUT2D eigenvalue weighted by Crippen LogP contribution is -2.22. The zero-order valence-corrected chi connectivity index (χ0v) is 8.90. The average molecular weight is 230 g/mol. The fraction of sp³-hybridized carbons (Fsp3) is 0.429. The first-order valence-corrected chi connectivity index (χ1v) is 4.18. The second kappa shape index (κ2) is 6.80. The summed E-state index contributed by atoms with van der Waals surface area (Å²) in [6.45, 7) is 0. The fourth-order valence-electron chi connectivity index (χ4n) is 1.17. The SMILES string of the molecule is C1=CCC2NCSC2=C1.Cl.Cl.O. The third-order valence-corrected chi connectivity index (χ3v) is 2.75. The van der Waals surface area contributed by atoms with E-state index in [4.69, 9.17) is 0 Å². The van der Waals surface area contributed by atoms with Gasteiger partial charge in [-0.3, -0.25) is 5.32 Å². The number of thioether (sulfide) groups is 1. The number of halogens is 2. The lowest BCUT2D eigenvalue weighted by molar-refractivity contribution is 0.672. The van der Waals surface area contributed by atoms with E-state index in [1.807, 2.05) is 11.8 Å². The zero-order chi connectivity index (χ0) is 6.10. The molecule has 5 heteroatoms. The number of hydrogen-bond donors (Lipinski definition) is 1. The molecular weight excluding hydrogens is 217 g/mol. The van der Waals surface area contributed by atoms with E-state index in [0.29, 0.717) is 6.04 Å². The Morgan fingerprint density at radius 2 is 2.17 bits per heavy atom. The van der Waals surface area contributed by atoms with E-state index >= 15 is 0 Å². The van der Waals surface area contributed by atoms with Crippen molar-refractivity contribution in [2.24, 2.45) is 0 Å². The van der Waals surface area contributed by atoms with Gasteiger partial charge in [0.1, 0.15) is 0 Å². The molecule has 1 aliphatic carbocycles. The molecule has 0 radical (unpaired) electrons. The first-order chi connectivity index (χ1) is 4.47. The molecule has 0 saturated carbocycles. The van der Waals surface area contributed by atoms with Crippen molar-refractivity contribution >= 4 is 36.6 Å². The first kappa shape index (κ1) is 14.8. The van der Waals surface area contributed by atoms with Crippen LogP contribution in [0.4, 0.5) is 0 Å². The summed E-state index contributed by atoms with van der Waals surface area (Å²) in [5.41, 5.74) is 0. The van der Waals surface area contributed by atoms with Crippen LogP contribution in [0.3, 0.4) is 0 Å². The number of allylic oxidation sites excluding steroid dienone is 2. The third-order valence-electron chi connectivity index (χ3n) is 1.68. The van der Waals surface area contributed by atoms with Crippen molar-refractivity contribution in [3.63, 3.8) is 0 Å². The van der Waals surface area contributed by atoms with E-state index in [0.717, 1.165) is 5.88 Å². The van der Waals surface area contributed by atoms with Crippen molar-refractivity contribution in [2.45, 2.75) is 12.5 Å². The standard InChI is InChI=1S/C7H9NS.2ClH.H2O/c1-2-4-7-6(3-1)8-5-9-7;;;/h1-2,4,6,8H,3,5H2;2*1H;1H2. The van der Waals surface area contributed by atoms with Gasteiger partial charge in [-0.2, -0.15) is 0 Å². The Bertz CT molecular complexity index is 184. The Kier molecular flexibility index (Phi) is 8.41. The zero-order valence-electron chi connectivity index (χ0n) is 6.45. The van der Waals surface area contributed by atoms with Gasteiger partial charge in [-0.1, -0.05) is 18.2 Å². The van der Waals surface area contributed by atoms with Gasteiger partial charge >= 0.3 is 0 Å². The number of hydrogen-bond acceptors (Lipinski definition) is 2. The van der Waals surface area contributed by atoms with Gasteiger partial charge in [0.05, 0.1) is 0 Å². The molecule has 0 spiro atoms. The third kappa shape index (κ3) is 2.99. The normalized spacial score (nSPS) is 24.0. The molecule has 2 aliphatic rings. The molecule has 1 atom stereocenters. The predicted octanol–water partition coefficient (Wildman–Crippen LogP) is 1.51. The van der Waals surface area contributed by atoms with E-state index in [1.165, 1.54) is 11.3 Å². The molecule has 1 saturated heterocycles. The highest BCUT2D eigenvalue weighted by atomic mass is 35.5. The second-order valence-electron chi connectivity index (χ2n) is 2.28. The van der Waals surface area contributed by atoms with Gasteiger partial charge < -0.3 is 5.48 Å². The van der Waals surface area contributed by atoms with Crippen LogP contribution in [0.15, 0.2) is 23.1 Å². The predicted molar refractivity (Wildman–Crippen MR) is 59.3 cm³/mol. The molecule has 2 rings (SSSR count). The van der Waals surface area contributed by atoms with Crippen molar-refractivity contribution in [3.05, 3.63) is 23.1 Å². The number of rotatable bonds is 0. The maximum absolute atomic E-state index is 3.40. The van der Waals surface area contributed by atoms with Gasteiger partial charge in [0.2, 0.25) is 0 Å². The van der Waals surface area contributed by atoms with Crippen molar-refractivity contribution in [1.29, 1.82) is 0 Å². The Labute approximate surface area is 89.0 Å². The van der Waals surface area contributed by atoms with Crippen LogP contribution in [0.25, 0.3) is 0 Å². The molecule has 72 valence electrons. The molecule has 1 heterocycles. The highest BCUT2D eigenvalue weighted by Crippen LogP contribution is 2.29. The maximum atomic E-state index is 3.40. The summed E-state index contributed by atoms with van der Waals surface area (Å²) in [7, 11) is 0. The molecule has 12 heavy (non-hydrogen) atoms. The van der Waals surface area contributed by atoms with E-state index in [1.54, 1.807) is 0 Å². The van der Waals surface area contributed by atoms with Crippen molar-refractivity contribution in [2.75, 3.05) is 5.88 Å². The largest absolute Gasteiger partial charge is 0.412 e. The summed E-state index contributed by atoms with van der Waals surface area (Å²) in [5, 5.41) is 3.40. The van der Waals surface area contributed by atoms with Crippen molar-refractivity contribution < 1.29 is 5.48 Å². The van der Waals surface area contributed by atoms with Crippen LogP contribution in [0.5, 0.6) is 0 Å². The second-order valence-corrected chi connectivity index (χ2v) is 3.33. The van der Waals surface area contributed by atoms with Gasteiger partial charge in [-0.15, -0.1) is 36.6 Å². The highest BCUT2D eigenvalue weighted by Gasteiger charge is 2.19. The van der Waals surface area contributed by atoms with Gasteiger partial charge in [0.15, 0.2) is 0 Å². The van der Waals surface area contributed by atoms with Gasteiger partial charge in [-0.25, -0.2) is 0 Å². The van der Waals surface area contributed by atoms with Gasteiger partial charge in [0, 0.05) is 16.8 Å². The van der Waals surface area contributed by atoms with Crippen LogP contribution in [0, 0.1) is 0 Å². The topological polar surface area (TPSA) is 43.5 Å². The van der Waals surface area contributed by atoms with E-state index < -0.39 is 0 Å². The van der Waals surface area contributed by atoms with Crippen LogP contribution >= 0.6 is 36.6 Å². The first-order valence-electron chi connectivity index (χ1n) is 3.20. The molecular formula is C7H13Cl2NOS. The maximum Gasteiger partial charge on any atom is 0.0468 e. The Morgan fingerprint density at radius 1 is 1.42 bits per heavy atom. The molecule has 0 amide bonds. The molecule has 0 aromatic carbocycles. The van der Waals surface area contributed by atoms with E-state index in [9.17, 15) is 0 Å². The fourth-order valence-corrected chi connectivity index (χ4v) is 2.17. The van der Waals surface area contributed by atoms with Crippen LogP contribution in [-0.4, -0.2) is 17.4 Å². The van der Waals surface area contributed by atoms with Gasteiger partial charge in [0.25, 0.3) is 0 Å². The lowest BCUT2D eigenvalue weighted by atomic mass is 10.1. The average Bonchev–Trinajstić information content (AvgIpc) is 2.33. The molecule has 0 aromatic heterocycles. The highest BCUT2D eigenvalue weighted by molar-refractivity contribution is 8.03. The molecule has 3 N–H and O–H groups in total. The van der Waals surface area contributed by atoms with Crippen LogP contribution < -0.4 is 5.32 Å². The summed E-state index contributed by atoms with van der Waals surface area (Å²) in [4.78, 5) is 1.51. The summed E-state index contributed by atoms with van der Waals surface area (Å²) >= 11 is 1.93. The molecule has 1 aliphatic heterocycles. The minimum absolute atomic E-state index is 0. The summed E-state index contributed by atoms with van der Waals surface area (Å²) < 4.78 is 0. The van der Waals surface area contributed by atoms with E-state index in [-0.39, 0.29) is 30.3 Å². The molecule has 0 bridgehead atoms. The van der Waals surface area contributed by atoms with Crippen molar-refractivity contribution in [1.82, 2.24) is 5.32 Å². The number of fused-ring (bicyclic) bond motifs is 1. The lowest BCUT2D eigenvalue weighted by Gasteiger charge is -2.10. The van der Waals surface area contributed by atoms with Crippen LogP contribution in [0.2, 0.25) is 0 Å². The molecule has 1 unspecified atom stereocenters. The monoisotopic (exact) mass is 229 g/mol. The molecule has 0 aromatic rings. The summed E-state index contributed by atoms with van der Waals surface area (Å²) in [6.07, 6.45) is 7.75. The van der Waals surface area contributed by atoms with E-state index in [2.05, 4.69) is 23.5 Å². The Hall–Kier alpha value is 0.330. The number of nitrogens with one attached hydrogen (secondary N) is 1. The van der Waals surface area contributed by atoms with Crippen LogP contribution in [0.1, 0.15) is 6.42 Å². The van der Waals surface area contributed by atoms with Crippen molar-refractivity contribution in [3.8, 4) is 0 Å². The molecule has 2 nitrogen and oxygen atoms in total.